The Hall–Kier alpha value is -0.740. The number of ether oxygens (including phenoxy) is 1. The van der Waals surface area contributed by atoms with E-state index in [-0.39, 0.29) is 24.7 Å². The van der Waals surface area contributed by atoms with Crippen molar-refractivity contribution in [3.05, 3.63) is 0 Å². The third-order valence-corrected chi connectivity index (χ3v) is 2.97. The maximum Gasteiger partial charge on any atom is 0.391 e. The summed E-state index contributed by atoms with van der Waals surface area (Å²) < 4.78 is 42.0. The fourth-order valence-corrected chi connectivity index (χ4v) is 1.98. The zero-order chi connectivity index (χ0) is 12.2. The molecule has 94 valence electrons. The van der Waals surface area contributed by atoms with E-state index in [4.69, 9.17) is 4.74 Å². The lowest BCUT2D eigenvalue weighted by Crippen LogP contribution is -2.31. The molecule has 5 heteroatoms. The molecule has 0 heterocycles. The zero-order valence-corrected chi connectivity index (χ0v) is 9.35. The number of carbonyl (C=O) groups excluding carboxylic acids is 1. The molecular weight excluding hydrogens is 221 g/mol. The summed E-state index contributed by atoms with van der Waals surface area (Å²) in [6.45, 7) is 2.24. The Balaban J connectivity index is 2.34. The molecule has 1 aliphatic rings. The second-order valence-corrected chi connectivity index (χ2v) is 4.26. The van der Waals surface area contributed by atoms with E-state index >= 15 is 0 Å². The van der Waals surface area contributed by atoms with Gasteiger partial charge in [-0.25, -0.2) is 0 Å². The minimum absolute atomic E-state index is 0.0510. The molecule has 0 atom stereocenters. The minimum atomic E-state index is -4.11. The van der Waals surface area contributed by atoms with E-state index < -0.39 is 12.1 Å². The zero-order valence-electron chi connectivity index (χ0n) is 9.35. The molecule has 16 heavy (non-hydrogen) atoms. The van der Waals surface area contributed by atoms with Crippen molar-refractivity contribution >= 4 is 5.97 Å². The summed E-state index contributed by atoms with van der Waals surface area (Å²) in [4.78, 5) is 11.4. The molecule has 2 nitrogen and oxygen atoms in total. The van der Waals surface area contributed by atoms with Gasteiger partial charge in [0.2, 0.25) is 0 Å². The normalized spacial score (nSPS) is 26.5. The molecule has 0 spiro atoms. The molecule has 0 unspecified atom stereocenters. The molecule has 0 amide bonds. The van der Waals surface area contributed by atoms with E-state index in [1.807, 2.05) is 6.92 Å². The molecule has 0 aromatic rings. The molecule has 0 bridgehead atoms. The smallest absolute Gasteiger partial charge is 0.391 e. The SMILES string of the molecule is CCCOC(=O)C1CCC(C(F)(F)F)CC1. The van der Waals surface area contributed by atoms with Crippen LogP contribution in [0.2, 0.25) is 0 Å². The molecule has 0 aromatic carbocycles. The standard InChI is InChI=1S/C11H17F3O2/c1-2-7-16-10(15)8-3-5-9(6-4-8)11(12,13)14/h8-9H,2-7H2,1H3. The molecule has 1 rings (SSSR count). The van der Waals surface area contributed by atoms with Crippen molar-refractivity contribution in [1.82, 2.24) is 0 Å². The second kappa shape index (κ2) is 5.55. The van der Waals surface area contributed by atoms with Gasteiger partial charge in [0.1, 0.15) is 0 Å². The van der Waals surface area contributed by atoms with E-state index in [1.54, 1.807) is 0 Å². The minimum Gasteiger partial charge on any atom is -0.465 e. The van der Waals surface area contributed by atoms with Gasteiger partial charge in [-0.2, -0.15) is 13.2 Å². The van der Waals surface area contributed by atoms with Crippen LogP contribution in [0.25, 0.3) is 0 Å². The van der Waals surface area contributed by atoms with Gasteiger partial charge in [0.25, 0.3) is 0 Å². The predicted octanol–water partition coefficient (Wildman–Crippen LogP) is 3.31. The van der Waals surface area contributed by atoms with Gasteiger partial charge in [0.15, 0.2) is 0 Å². The van der Waals surface area contributed by atoms with Crippen molar-refractivity contribution in [3.63, 3.8) is 0 Å². The molecule has 1 fully saturated rings. The molecule has 0 N–H and O–H groups in total. The first kappa shape index (κ1) is 13.3. The monoisotopic (exact) mass is 238 g/mol. The molecule has 0 saturated heterocycles. The summed E-state index contributed by atoms with van der Waals surface area (Å²) in [6.07, 6.45) is -2.67. The summed E-state index contributed by atoms with van der Waals surface area (Å²) in [5.74, 6) is -1.89. The van der Waals surface area contributed by atoms with Gasteiger partial charge >= 0.3 is 12.1 Å². The Morgan fingerprint density at radius 1 is 1.25 bits per heavy atom. The van der Waals surface area contributed by atoms with Crippen molar-refractivity contribution in [3.8, 4) is 0 Å². The maximum atomic E-state index is 12.4. The van der Waals surface area contributed by atoms with Crippen molar-refractivity contribution < 1.29 is 22.7 Å². The highest BCUT2D eigenvalue weighted by Gasteiger charge is 2.42. The summed E-state index contributed by atoms with van der Waals surface area (Å²) in [6, 6.07) is 0. The third kappa shape index (κ3) is 3.68. The number of carbonyl (C=O) groups is 1. The van der Waals surface area contributed by atoms with Gasteiger partial charge in [-0.15, -0.1) is 0 Å². The average molecular weight is 238 g/mol. The summed E-state index contributed by atoms with van der Waals surface area (Å²) in [5, 5.41) is 0. The summed E-state index contributed by atoms with van der Waals surface area (Å²) in [7, 11) is 0. The highest BCUT2D eigenvalue weighted by Crippen LogP contribution is 2.39. The molecule has 0 aliphatic heterocycles. The van der Waals surface area contributed by atoms with Crippen molar-refractivity contribution in [2.75, 3.05) is 6.61 Å². The highest BCUT2D eigenvalue weighted by molar-refractivity contribution is 5.72. The van der Waals surface area contributed by atoms with Gasteiger partial charge in [0, 0.05) is 0 Å². The predicted molar refractivity (Wildman–Crippen MR) is 52.8 cm³/mol. The Kier molecular flexibility index (Phi) is 4.62. The number of alkyl halides is 3. The van der Waals surface area contributed by atoms with E-state index in [0.29, 0.717) is 19.4 Å². The van der Waals surface area contributed by atoms with Gasteiger partial charge in [-0.05, 0) is 32.1 Å². The Morgan fingerprint density at radius 3 is 2.25 bits per heavy atom. The number of halogens is 3. The van der Waals surface area contributed by atoms with Crippen molar-refractivity contribution in [2.24, 2.45) is 11.8 Å². The topological polar surface area (TPSA) is 26.3 Å². The van der Waals surface area contributed by atoms with Crippen LogP contribution in [0, 0.1) is 11.8 Å². The van der Waals surface area contributed by atoms with Crippen LogP contribution in [0.1, 0.15) is 39.0 Å². The number of esters is 1. The summed E-state index contributed by atoms with van der Waals surface area (Å²) >= 11 is 0. The summed E-state index contributed by atoms with van der Waals surface area (Å²) in [5.41, 5.74) is 0. The fourth-order valence-electron chi connectivity index (χ4n) is 1.98. The van der Waals surface area contributed by atoms with Crippen molar-refractivity contribution in [1.29, 1.82) is 0 Å². The second-order valence-electron chi connectivity index (χ2n) is 4.26. The van der Waals surface area contributed by atoms with Crippen LogP contribution >= 0.6 is 0 Å². The third-order valence-electron chi connectivity index (χ3n) is 2.97. The van der Waals surface area contributed by atoms with Gasteiger partial charge in [0.05, 0.1) is 18.4 Å². The molecule has 0 aromatic heterocycles. The lowest BCUT2D eigenvalue weighted by molar-refractivity contribution is -0.186. The van der Waals surface area contributed by atoms with E-state index in [9.17, 15) is 18.0 Å². The van der Waals surface area contributed by atoms with Gasteiger partial charge < -0.3 is 4.74 Å². The Bertz CT molecular complexity index is 230. The Morgan fingerprint density at radius 2 is 1.81 bits per heavy atom. The molecule has 1 saturated carbocycles. The van der Waals surface area contributed by atoms with E-state index in [0.717, 1.165) is 6.42 Å². The number of hydrogen-bond donors (Lipinski definition) is 0. The molecular formula is C11H17F3O2. The number of rotatable bonds is 3. The number of hydrogen-bond acceptors (Lipinski definition) is 2. The van der Waals surface area contributed by atoms with E-state index in [2.05, 4.69) is 0 Å². The first-order chi connectivity index (χ1) is 7.45. The van der Waals surface area contributed by atoms with Crippen LogP contribution < -0.4 is 0 Å². The average Bonchev–Trinajstić information content (AvgIpc) is 2.25. The van der Waals surface area contributed by atoms with Crippen LogP contribution in [0.3, 0.4) is 0 Å². The molecule has 0 radical (unpaired) electrons. The molecule has 1 aliphatic carbocycles. The fraction of sp³-hybridized carbons (Fsp3) is 0.909. The lowest BCUT2D eigenvalue weighted by Gasteiger charge is -2.28. The maximum absolute atomic E-state index is 12.4. The van der Waals surface area contributed by atoms with Gasteiger partial charge in [-0.3, -0.25) is 4.79 Å². The van der Waals surface area contributed by atoms with Crippen LogP contribution in [0.5, 0.6) is 0 Å². The van der Waals surface area contributed by atoms with Crippen LogP contribution in [-0.2, 0) is 9.53 Å². The van der Waals surface area contributed by atoms with E-state index in [1.165, 1.54) is 0 Å². The first-order valence-electron chi connectivity index (χ1n) is 5.68. The quantitative estimate of drug-likeness (QED) is 0.705. The largest absolute Gasteiger partial charge is 0.465 e. The van der Waals surface area contributed by atoms with Gasteiger partial charge in [-0.1, -0.05) is 6.92 Å². The van der Waals surface area contributed by atoms with Crippen LogP contribution in [0.15, 0.2) is 0 Å². The first-order valence-corrected chi connectivity index (χ1v) is 5.68. The highest BCUT2D eigenvalue weighted by atomic mass is 19.4. The van der Waals surface area contributed by atoms with Crippen molar-refractivity contribution in [2.45, 2.75) is 45.2 Å². The lowest BCUT2D eigenvalue weighted by atomic mass is 9.82. The van der Waals surface area contributed by atoms with Crippen LogP contribution in [0.4, 0.5) is 13.2 Å². The Labute approximate surface area is 93.2 Å². The van der Waals surface area contributed by atoms with Crippen LogP contribution in [-0.4, -0.2) is 18.8 Å².